The van der Waals surface area contributed by atoms with E-state index in [0.29, 0.717) is 18.8 Å². The monoisotopic (exact) mass is 287 g/mol. The number of benzene rings is 2. The number of ether oxygens (including phenoxy) is 1. The SMILES string of the molecule is CCCNCc1cccc(COCc2ccccc2F)c1. The Morgan fingerprint density at radius 1 is 1.00 bits per heavy atom. The summed E-state index contributed by atoms with van der Waals surface area (Å²) in [4.78, 5) is 0. The van der Waals surface area contributed by atoms with Crippen molar-refractivity contribution >= 4 is 0 Å². The first-order chi connectivity index (χ1) is 10.3. The van der Waals surface area contributed by atoms with Crippen LogP contribution in [0, 0.1) is 5.82 Å². The molecule has 0 heterocycles. The molecule has 3 heteroatoms. The van der Waals surface area contributed by atoms with E-state index < -0.39 is 0 Å². The Bertz CT molecular complexity index is 556. The Morgan fingerprint density at radius 2 is 1.81 bits per heavy atom. The third-order valence-electron chi connectivity index (χ3n) is 3.23. The molecule has 2 nitrogen and oxygen atoms in total. The molecule has 0 fully saturated rings. The van der Waals surface area contributed by atoms with Crippen molar-refractivity contribution in [1.82, 2.24) is 5.32 Å². The minimum absolute atomic E-state index is 0.213. The number of nitrogens with one attached hydrogen (secondary N) is 1. The Hall–Kier alpha value is -1.71. The highest BCUT2D eigenvalue weighted by atomic mass is 19.1. The van der Waals surface area contributed by atoms with E-state index in [2.05, 4.69) is 24.4 Å². The van der Waals surface area contributed by atoms with Crippen LogP contribution in [0.25, 0.3) is 0 Å². The summed E-state index contributed by atoms with van der Waals surface area (Å²) in [5, 5.41) is 3.38. The molecule has 0 aromatic heterocycles. The van der Waals surface area contributed by atoms with E-state index in [-0.39, 0.29) is 5.82 Å². The minimum Gasteiger partial charge on any atom is -0.372 e. The number of rotatable bonds is 8. The molecule has 0 saturated carbocycles. The van der Waals surface area contributed by atoms with Gasteiger partial charge in [-0.1, -0.05) is 49.4 Å². The molecule has 0 spiro atoms. The molecule has 0 amide bonds. The minimum atomic E-state index is -0.213. The van der Waals surface area contributed by atoms with Gasteiger partial charge in [-0.15, -0.1) is 0 Å². The molecule has 1 N–H and O–H groups in total. The molecule has 2 aromatic rings. The van der Waals surface area contributed by atoms with E-state index in [4.69, 9.17) is 4.74 Å². The first-order valence-electron chi connectivity index (χ1n) is 7.39. The summed E-state index contributed by atoms with van der Waals surface area (Å²) < 4.78 is 19.1. The van der Waals surface area contributed by atoms with E-state index >= 15 is 0 Å². The largest absolute Gasteiger partial charge is 0.372 e. The molecule has 0 bridgehead atoms. The lowest BCUT2D eigenvalue weighted by Crippen LogP contribution is -2.13. The molecular weight excluding hydrogens is 265 g/mol. The van der Waals surface area contributed by atoms with Gasteiger partial charge in [-0.3, -0.25) is 0 Å². The average Bonchev–Trinajstić information content (AvgIpc) is 2.50. The molecule has 112 valence electrons. The third kappa shape index (κ3) is 5.29. The fourth-order valence-electron chi connectivity index (χ4n) is 2.13. The predicted octanol–water partition coefficient (Wildman–Crippen LogP) is 4.04. The number of hydrogen-bond acceptors (Lipinski definition) is 2. The molecule has 0 aliphatic carbocycles. The highest BCUT2D eigenvalue weighted by Gasteiger charge is 2.01. The van der Waals surface area contributed by atoms with Gasteiger partial charge in [0.25, 0.3) is 0 Å². The summed E-state index contributed by atoms with van der Waals surface area (Å²) in [5.74, 6) is -0.213. The van der Waals surface area contributed by atoms with Crippen LogP contribution in [0.2, 0.25) is 0 Å². The Morgan fingerprint density at radius 3 is 2.62 bits per heavy atom. The van der Waals surface area contributed by atoms with E-state index in [0.717, 1.165) is 25.1 Å². The zero-order valence-electron chi connectivity index (χ0n) is 12.4. The Kier molecular flexibility index (Phi) is 6.38. The van der Waals surface area contributed by atoms with Gasteiger partial charge in [0.05, 0.1) is 13.2 Å². The second-order valence-corrected chi connectivity index (χ2v) is 5.08. The molecule has 0 unspecified atom stereocenters. The second-order valence-electron chi connectivity index (χ2n) is 5.08. The molecule has 2 aromatic carbocycles. The smallest absolute Gasteiger partial charge is 0.128 e. The lowest BCUT2D eigenvalue weighted by Gasteiger charge is -2.08. The highest BCUT2D eigenvalue weighted by molar-refractivity contribution is 5.23. The number of halogens is 1. The topological polar surface area (TPSA) is 21.3 Å². The van der Waals surface area contributed by atoms with Crippen LogP contribution in [-0.4, -0.2) is 6.54 Å². The van der Waals surface area contributed by atoms with Gasteiger partial charge >= 0.3 is 0 Å². The number of hydrogen-bond donors (Lipinski definition) is 1. The maximum atomic E-state index is 13.5. The standard InChI is InChI=1S/C18H22FNO/c1-2-10-20-12-15-6-5-7-16(11-15)13-21-14-17-8-3-4-9-18(17)19/h3-9,11,20H,2,10,12-14H2,1H3. The lowest BCUT2D eigenvalue weighted by atomic mass is 10.1. The van der Waals surface area contributed by atoms with Crippen molar-refractivity contribution in [3.8, 4) is 0 Å². The quantitative estimate of drug-likeness (QED) is 0.740. The Balaban J connectivity index is 1.83. The maximum Gasteiger partial charge on any atom is 0.128 e. The van der Waals surface area contributed by atoms with Gasteiger partial charge in [-0.25, -0.2) is 4.39 Å². The fraction of sp³-hybridized carbons (Fsp3) is 0.333. The van der Waals surface area contributed by atoms with Crippen molar-refractivity contribution in [1.29, 1.82) is 0 Å². The summed E-state index contributed by atoms with van der Waals surface area (Å²) in [6.45, 7) is 4.84. The van der Waals surface area contributed by atoms with Gasteiger partial charge in [0.15, 0.2) is 0 Å². The van der Waals surface area contributed by atoms with Gasteiger partial charge < -0.3 is 10.1 Å². The van der Waals surface area contributed by atoms with Crippen molar-refractivity contribution in [2.24, 2.45) is 0 Å². The molecule has 0 radical (unpaired) electrons. The van der Waals surface area contributed by atoms with Gasteiger partial charge in [0.2, 0.25) is 0 Å². The van der Waals surface area contributed by atoms with E-state index in [1.54, 1.807) is 12.1 Å². The highest BCUT2D eigenvalue weighted by Crippen LogP contribution is 2.11. The average molecular weight is 287 g/mol. The van der Waals surface area contributed by atoms with Crippen LogP contribution in [0.3, 0.4) is 0 Å². The lowest BCUT2D eigenvalue weighted by molar-refractivity contribution is 0.105. The van der Waals surface area contributed by atoms with Crippen LogP contribution in [0.4, 0.5) is 4.39 Å². The molecule has 0 atom stereocenters. The normalized spacial score (nSPS) is 10.8. The molecule has 0 saturated heterocycles. The van der Waals surface area contributed by atoms with Crippen LogP contribution < -0.4 is 5.32 Å². The van der Waals surface area contributed by atoms with Crippen LogP contribution in [0.15, 0.2) is 48.5 Å². The van der Waals surface area contributed by atoms with Crippen molar-refractivity contribution in [3.05, 3.63) is 71.0 Å². The van der Waals surface area contributed by atoms with Gasteiger partial charge in [0.1, 0.15) is 5.82 Å². The van der Waals surface area contributed by atoms with Crippen molar-refractivity contribution < 1.29 is 9.13 Å². The first-order valence-corrected chi connectivity index (χ1v) is 7.39. The maximum absolute atomic E-state index is 13.5. The van der Waals surface area contributed by atoms with Crippen LogP contribution >= 0.6 is 0 Å². The van der Waals surface area contributed by atoms with E-state index in [1.165, 1.54) is 11.6 Å². The van der Waals surface area contributed by atoms with Crippen molar-refractivity contribution in [2.45, 2.75) is 33.1 Å². The first kappa shape index (κ1) is 15.7. The zero-order chi connectivity index (χ0) is 14.9. The Labute approximate surface area is 126 Å². The van der Waals surface area contributed by atoms with Crippen LogP contribution in [0.5, 0.6) is 0 Å². The third-order valence-corrected chi connectivity index (χ3v) is 3.23. The molecular formula is C18H22FNO. The molecule has 2 rings (SSSR count). The molecule has 21 heavy (non-hydrogen) atoms. The van der Waals surface area contributed by atoms with Crippen LogP contribution in [0.1, 0.15) is 30.0 Å². The summed E-state index contributed by atoms with van der Waals surface area (Å²) in [6.07, 6.45) is 1.13. The van der Waals surface area contributed by atoms with Gasteiger partial charge in [-0.05, 0) is 30.2 Å². The van der Waals surface area contributed by atoms with Gasteiger partial charge in [0, 0.05) is 12.1 Å². The second kappa shape index (κ2) is 8.55. The van der Waals surface area contributed by atoms with Crippen molar-refractivity contribution in [2.75, 3.05) is 6.54 Å². The van der Waals surface area contributed by atoms with Crippen LogP contribution in [-0.2, 0) is 24.5 Å². The summed E-state index contributed by atoms with van der Waals surface area (Å²) in [7, 11) is 0. The van der Waals surface area contributed by atoms with Crippen molar-refractivity contribution in [3.63, 3.8) is 0 Å². The zero-order valence-corrected chi connectivity index (χ0v) is 12.4. The summed E-state index contributed by atoms with van der Waals surface area (Å²) >= 11 is 0. The molecule has 0 aliphatic heterocycles. The summed E-state index contributed by atoms with van der Waals surface area (Å²) in [5.41, 5.74) is 2.95. The predicted molar refractivity (Wildman–Crippen MR) is 83.3 cm³/mol. The van der Waals surface area contributed by atoms with Gasteiger partial charge in [-0.2, -0.15) is 0 Å². The molecule has 0 aliphatic rings. The fourth-order valence-corrected chi connectivity index (χ4v) is 2.13. The van der Waals surface area contributed by atoms with E-state index in [1.807, 2.05) is 18.2 Å². The van der Waals surface area contributed by atoms with E-state index in [9.17, 15) is 4.39 Å². The summed E-state index contributed by atoms with van der Waals surface area (Å²) in [6, 6.07) is 15.0.